The van der Waals surface area contributed by atoms with Crippen LogP contribution in [0.15, 0.2) is 18.2 Å². The van der Waals surface area contributed by atoms with Crippen molar-refractivity contribution in [1.82, 2.24) is 20.9 Å². The molecule has 2 aliphatic rings. The molecule has 3 N–H and O–H groups in total. The van der Waals surface area contributed by atoms with E-state index >= 15 is 0 Å². The second kappa shape index (κ2) is 8.09. The van der Waals surface area contributed by atoms with E-state index < -0.39 is 42.2 Å². The van der Waals surface area contributed by atoms with Gasteiger partial charge in [-0.1, -0.05) is 0 Å². The zero-order valence-electron chi connectivity index (χ0n) is 15.4. The topological polar surface area (TPSA) is 151 Å². The SMILES string of the molecule is CNC(=O)CNC(=O)COc1ccc2c(c1)C(=O)N(C1CCC(=O)NC1=O)C2=O. The van der Waals surface area contributed by atoms with Gasteiger partial charge in [0.1, 0.15) is 11.8 Å². The summed E-state index contributed by atoms with van der Waals surface area (Å²) in [6.45, 7) is -0.592. The fraction of sp³-hybridized carbons (Fsp3) is 0.333. The molecule has 1 aromatic carbocycles. The number of imide groups is 2. The van der Waals surface area contributed by atoms with Gasteiger partial charge in [0.25, 0.3) is 17.7 Å². The van der Waals surface area contributed by atoms with Gasteiger partial charge in [0.15, 0.2) is 6.61 Å². The van der Waals surface area contributed by atoms with Gasteiger partial charge in [-0.2, -0.15) is 0 Å². The van der Waals surface area contributed by atoms with Crippen molar-refractivity contribution >= 4 is 35.4 Å². The highest BCUT2D eigenvalue weighted by Crippen LogP contribution is 2.30. The Hall–Kier alpha value is -3.76. The van der Waals surface area contributed by atoms with Gasteiger partial charge in [-0.3, -0.25) is 39.0 Å². The Bertz CT molecular complexity index is 927. The molecule has 0 aromatic heterocycles. The molecule has 0 aliphatic carbocycles. The fourth-order valence-corrected chi connectivity index (χ4v) is 3.01. The van der Waals surface area contributed by atoms with Crippen LogP contribution < -0.4 is 20.7 Å². The average molecular weight is 402 g/mol. The third kappa shape index (κ3) is 4.08. The van der Waals surface area contributed by atoms with E-state index in [4.69, 9.17) is 4.74 Å². The number of nitrogens with zero attached hydrogens (tertiary/aromatic N) is 1. The monoisotopic (exact) mass is 402 g/mol. The first-order valence-corrected chi connectivity index (χ1v) is 8.77. The number of fused-ring (bicyclic) bond motifs is 1. The molecule has 1 saturated heterocycles. The molecule has 0 saturated carbocycles. The first kappa shape index (κ1) is 20.0. The Morgan fingerprint density at radius 1 is 1.14 bits per heavy atom. The molecule has 1 unspecified atom stereocenters. The average Bonchev–Trinajstić information content (AvgIpc) is 2.95. The molecule has 152 valence electrons. The predicted octanol–water partition coefficient (Wildman–Crippen LogP) is -1.67. The number of hydrogen-bond donors (Lipinski definition) is 3. The van der Waals surface area contributed by atoms with Crippen molar-refractivity contribution in [2.75, 3.05) is 20.2 Å². The van der Waals surface area contributed by atoms with E-state index in [0.717, 1.165) is 4.90 Å². The van der Waals surface area contributed by atoms with Gasteiger partial charge in [0, 0.05) is 13.5 Å². The molecular weight excluding hydrogens is 384 g/mol. The molecule has 0 bridgehead atoms. The van der Waals surface area contributed by atoms with Gasteiger partial charge in [-0.05, 0) is 24.6 Å². The van der Waals surface area contributed by atoms with Gasteiger partial charge >= 0.3 is 0 Å². The normalized spacial score (nSPS) is 18.2. The zero-order valence-corrected chi connectivity index (χ0v) is 15.4. The highest BCUT2D eigenvalue weighted by molar-refractivity contribution is 6.23. The summed E-state index contributed by atoms with van der Waals surface area (Å²) in [5, 5.41) is 6.83. The third-order valence-corrected chi connectivity index (χ3v) is 4.51. The van der Waals surface area contributed by atoms with Crippen LogP contribution in [0.25, 0.3) is 0 Å². The lowest BCUT2D eigenvalue weighted by atomic mass is 10.0. The number of hydrogen-bond acceptors (Lipinski definition) is 7. The molecule has 6 amide bonds. The summed E-state index contributed by atoms with van der Waals surface area (Å²) in [6.07, 6.45) is 0.0916. The minimum Gasteiger partial charge on any atom is -0.484 e. The van der Waals surface area contributed by atoms with Crippen molar-refractivity contribution < 1.29 is 33.5 Å². The van der Waals surface area contributed by atoms with Crippen LogP contribution in [-0.2, 0) is 19.2 Å². The minimum atomic E-state index is -1.06. The van der Waals surface area contributed by atoms with Crippen molar-refractivity contribution in [3.8, 4) is 5.75 Å². The molecule has 0 spiro atoms. The summed E-state index contributed by atoms with van der Waals surface area (Å²) in [6, 6.07) is 3.05. The van der Waals surface area contributed by atoms with Crippen LogP contribution >= 0.6 is 0 Å². The molecule has 1 aromatic rings. The predicted molar refractivity (Wildman–Crippen MR) is 95.7 cm³/mol. The van der Waals surface area contributed by atoms with E-state index in [1.807, 2.05) is 0 Å². The van der Waals surface area contributed by atoms with Crippen molar-refractivity contribution in [3.05, 3.63) is 29.3 Å². The van der Waals surface area contributed by atoms with Gasteiger partial charge in [-0.25, -0.2) is 0 Å². The number of carbonyl (C=O) groups excluding carboxylic acids is 6. The van der Waals surface area contributed by atoms with Crippen LogP contribution in [0.3, 0.4) is 0 Å². The summed E-state index contributed by atoms with van der Waals surface area (Å²) >= 11 is 0. The van der Waals surface area contributed by atoms with Crippen LogP contribution in [0.5, 0.6) is 5.75 Å². The molecule has 0 radical (unpaired) electrons. The highest BCUT2D eigenvalue weighted by Gasteiger charge is 2.44. The molecule has 29 heavy (non-hydrogen) atoms. The second-order valence-electron chi connectivity index (χ2n) is 6.39. The molecule has 11 heteroatoms. The van der Waals surface area contributed by atoms with Crippen molar-refractivity contribution in [2.24, 2.45) is 0 Å². The van der Waals surface area contributed by atoms with E-state index in [2.05, 4.69) is 16.0 Å². The Balaban J connectivity index is 1.68. The number of likely N-dealkylation sites (N-methyl/N-ethyl adjacent to an activating group) is 1. The van der Waals surface area contributed by atoms with E-state index in [-0.39, 0.29) is 42.2 Å². The first-order chi connectivity index (χ1) is 13.8. The smallest absolute Gasteiger partial charge is 0.262 e. The molecule has 1 fully saturated rings. The van der Waals surface area contributed by atoms with Crippen molar-refractivity contribution in [1.29, 1.82) is 0 Å². The summed E-state index contributed by atoms with van der Waals surface area (Å²) in [5.41, 5.74) is 0.152. The summed E-state index contributed by atoms with van der Waals surface area (Å²) in [7, 11) is 1.44. The summed E-state index contributed by atoms with van der Waals surface area (Å²) < 4.78 is 5.31. The lowest BCUT2D eigenvalue weighted by molar-refractivity contribution is -0.136. The van der Waals surface area contributed by atoms with Crippen LogP contribution in [0.1, 0.15) is 33.6 Å². The fourth-order valence-electron chi connectivity index (χ4n) is 3.01. The van der Waals surface area contributed by atoms with Crippen LogP contribution in [0.2, 0.25) is 0 Å². The number of nitrogens with one attached hydrogen (secondary N) is 3. The minimum absolute atomic E-state index is 0.0311. The number of benzene rings is 1. The maximum absolute atomic E-state index is 12.7. The van der Waals surface area contributed by atoms with Crippen LogP contribution in [0, 0.1) is 0 Å². The Kier molecular flexibility index (Phi) is 5.57. The molecular formula is C18H18N4O7. The van der Waals surface area contributed by atoms with Gasteiger partial charge in [0.2, 0.25) is 17.7 Å². The molecule has 1 atom stereocenters. The largest absolute Gasteiger partial charge is 0.484 e. The van der Waals surface area contributed by atoms with E-state index in [1.54, 1.807) is 0 Å². The van der Waals surface area contributed by atoms with Gasteiger partial charge in [-0.15, -0.1) is 0 Å². The number of amides is 6. The number of piperidine rings is 1. The van der Waals surface area contributed by atoms with E-state index in [1.165, 1.54) is 25.2 Å². The standard InChI is InChI=1S/C18H18N4O7/c1-19-14(24)7-20-15(25)8-29-9-2-3-10-11(6-9)18(28)22(17(10)27)12-4-5-13(23)21-16(12)26/h2-3,6,12H,4-5,7-8H2,1H3,(H,19,24)(H,20,25)(H,21,23,26). The number of ether oxygens (including phenoxy) is 1. The first-order valence-electron chi connectivity index (χ1n) is 8.77. The van der Waals surface area contributed by atoms with Crippen LogP contribution in [-0.4, -0.2) is 66.6 Å². The zero-order chi connectivity index (χ0) is 21.1. The second-order valence-corrected chi connectivity index (χ2v) is 6.39. The summed E-state index contributed by atoms with van der Waals surface area (Å²) in [5.74, 6) is -3.18. The quantitative estimate of drug-likeness (QED) is 0.481. The molecule has 2 aliphatic heterocycles. The lowest BCUT2D eigenvalue weighted by Gasteiger charge is -2.27. The number of carbonyl (C=O) groups is 6. The molecule has 11 nitrogen and oxygen atoms in total. The van der Waals surface area contributed by atoms with Gasteiger partial charge < -0.3 is 15.4 Å². The summed E-state index contributed by atoms with van der Waals surface area (Å²) in [4.78, 5) is 72.2. The third-order valence-electron chi connectivity index (χ3n) is 4.51. The lowest BCUT2D eigenvalue weighted by Crippen LogP contribution is -2.54. The Morgan fingerprint density at radius 3 is 2.55 bits per heavy atom. The maximum Gasteiger partial charge on any atom is 0.262 e. The Labute approximate surface area is 164 Å². The molecule has 3 rings (SSSR count). The van der Waals surface area contributed by atoms with Crippen LogP contribution in [0.4, 0.5) is 0 Å². The van der Waals surface area contributed by atoms with Gasteiger partial charge in [0.05, 0.1) is 17.7 Å². The van der Waals surface area contributed by atoms with E-state index in [9.17, 15) is 28.8 Å². The molecule has 2 heterocycles. The Morgan fingerprint density at radius 2 is 1.86 bits per heavy atom. The van der Waals surface area contributed by atoms with Crippen molar-refractivity contribution in [3.63, 3.8) is 0 Å². The maximum atomic E-state index is 12.7. The van der Waals surface area contributed by atoms with Crippen molar-refractivity contribution in [2.45, 2.75) is 18.9 Å². The number of rotatable bonds is 6. The highest BCUT2D eigenvalue weighted by atomic mass is 16.5. The van der Waals surface area contributed by atoms with E-state index in [0.29, 0.717) is 0 Å².